The van der Waals surface area contributed by atoms with Gasteiger partial charge in [0.25, 0.3) is 0 Å². The number of hydrogen-bond donors (Lipinski definition) is 1. The Morgan fingerprint density at radius 3 is 2.67 bits per heavy atom. The number of rotatable bonds is 6. The normalized spacial score (nSPS) is 19.3. The van der Waals surface area contributed by atoms with Gasteiger partial charge in [-0.05, 0) is 50.9 Å². The second-order valence-corrected chi connectivity index (χ2v) is 6.56. The van der Waals surface area contributed by atoms with Crippen LogP contribution in [-0.4, -0.2) is 54.3 Å². The lowest BCUT2D eigenvalue weighted by molar-refractivity contribution is -0.139. The average Bonchev–Trinajstić information content (AvgIpc) is 2.59. The molecule has 0 spiro atoms. The first kappa shape index (κ1) is 18.4. The molecule has 1 aliphatic rings. The van der Waals surface area contributed by atoms with Gasteiger partial charge in [-0.15, -0.1) is 0 Å². The molecule has 2 N–H and O–H groups in total. The van der Waals surface area contributed by atoms with Gasteiger partial charge in [0.2, 0.25) is 11.8 Å². The van der Waals surface area contributed by atoms with Crippen LogP contribution in [0.25, 0.3) is 0 Å². The number of hydrogen-bond acceptors (Lipinski definition) is 3. The van der Waals surface area contributed by atoms with E-state index in [4.69, 9.17) is 5.73 Å². The molecule has 0 aromatic heterocycles. The molecule has 1 aromatic rings. The number of likely N-dealkylation sites (N-methyl/N-ethyl adjacent to an activating group) is 1. The van der Waals surface area contributed by atoms with Crippen LogP contribution in [-0.2, 0) is 16.0 Å². The van der Waals surface area contributed by atoms with Gasteiger partial charge in [-0.25, -0.2) is 4.39 Å². The number of likely N-dealkylation sites (tertiary alicyclic amines) is 1. The summed E-state index contributed by atoms with van der Waals surface area (Å²) in [6, 6.07) is 6.15. The van der Waals surface area contributed by atoms with Gasteiger partial charge in [-0.2, -0.15) is 0 Å². The number of nitrogens with two attached hydrogens (primary N) is 1. The molecule has 1 saturated heterocycles. The zero-order valence-electron chi connectivity index (χ0n) is 14.4. The van der Waals surface area contributed by atoms with Crippen LogP contribution in [0.1, 0.15) is 25.3 Å². The summed E-state index contributed by atoms with van der Waals surface area (Å²) in [6.07, 6.45) is 2.32. The van der Waals surface area contributed by atoms with Crippen molar-refractivity contribution in [2.45, 2.75) is 32.2 Å². The molecule has 1 aromatic carbocycles. The van der Waals surface area contributed by atoms with Gasteiger partial charge in [-0.1, -0.05) is 12.1 Å². The number of primary amides is 1. The van der Waals surface area contributed by atoms with E-state index >= 15 is 0 Å². The van der Waals surface area contributed by atoms with Crippen molar-refractivity contribution in [3.05, 3.63) is 35.6 Å². The van der Waals surface area contributed by atoms with Crippen LogP contribution < -0.4 is 5.73 Å². The number of carbonyl (C=O) groups is 2. The average molecular weight is 335 g/mol. The second-order valence-electron chi connectivity index (χ2n) is 6.56. The van der Waals surface area contributed by atoms with Crippen LogP contribution in [0.15, 0.2) is 24.3 Å². The monoisotopic (exact) mass is 335 g/mol. The minimum Gasteiger partial charge on any atom is -0.369 e. The van der Waals surface area contributed by atoms with Crippen molar-refractivity contribution in [3.63, 3.8) is 0 Å². The summed E-state index contributed by atoms with van der Waals surface area (Å²) >= 11 is 0. The molecule has 2 atom stereocenters. The van der Waals surface area contributed by atoms with E-state index in [0.29, 0.717) is 19.6 Å². The Balaban J connectivity index is 1.87. The van der Waals surface area contributed by atoms with Crippen molar-refractivity contribution in [1.82, 2.24) is 9.80 Å². The summed E-state index contributed by atoms with van der Waals surface area (Å²) in [5.74, 6) is -0.781. The Kier molecular flexibility index (Phi) is 6.31. The predicted octanol–water partition coefficient (Wildman–Crippen LogP) is 1.41. The maximum Gasteiger partial charge on any atom is 0.239 e. The number of nitrogens with zero attached hydrogens (tertiary/aromatic N) is 2. The maximum absolute atomic E-state index is 12.9. The quantitative estimate of drug-likeness (QED) is 0.855. The maximum atomic E-state index is 12.9. The van der Waals surface area contributed by atoms with Crippen LogP contribution in [0, 0.1) is 11.7 Å². The number of piperidine rings is 1. The Morgan fingerprint density at radius 1 is 1.38 bits per heavy atom. The molecule has 1 heterocycles. The van der Waals surface area contributed by atoms with Crippen LogP contribution in [0.2, 0.25) is 0 Å². The molecule has 24 heavy (non-hydrogen) atoms. The van der Waals surface area contributed by atoms with Gasteiger partial charge in [-0.3, -0.25) is 14.5 Å². The Bertz CT molecular complexity index is 576. The van der Waals surface area contributed by atoms with Crippen LogP contribution in [0.3, 0.4) is 0 Å². The third-order valence-electron chi connectivity index (χ3n) is 4.82. The fraction of sp³-hybridized carbons (Fsp3) is 0.556. The zero-order valence-corrected chi connectivity index (χ0v) is 14.4. The van der Waals surface area contributed by atoms with E-state index in [9.17, 15) is 14.0 Å². The van der Waals surface area contributed by atoms with E-state index in [1.165, 1.54) is 12.1 Å². The summed E-state index contributed by atoms with van der Waals surface area (Å²) in [6.45, 7) is 3.68. The molecule has 1 fully saturated rings. The SMILES string of the molecule is CC(C(=O)N1CCCC(C(N)=O)C1)N(C)CCc1ccc(F)cc1. The molecule has 2 unspecified atom stereocenters. The van der Waals surface area contributed by atoms with E-state index in [2.05, 4.69) is 0 Å². The van der Waals surface area contributed by atoms with Crippen molar-refractivity contribution in [3.8, 4) is 0 Å². The van der Waals surface area contributed by atoms with E-state index in [1.54, 1.807) is 17.0 Å². The minimum atomic E-state index is -0.329. The van der Waals surface area contributed by atoms with E-state index in [-0.39, 0.29) is 29.6 Å². The fourth-order valence-electron chi connectivity index (χ4n) is 3.01. The third kappa shape index (κ3) is 4.77. The molecular formula is C18H26FN3O2. The molecule has 5 nitrogen and oxygen atoms in total. The molecule has 2 amide bonds. The van der Waals surface area contributed by atoms with Crippen LogP contribution in [0.5, 0.6) is 0 Å². The highest BCUT2D eigenvalue weighted by Crippen LogP contribution is 2.18. The first-order valence-electron chi connectivity index (χ1n) is 8.41. The van der Waals surface area contributed by atoms with E-state index < -0.39 is 0 Å². The summed E-state index contributed by atoms with van der Waals surface area (Å²) in [5.41, 5.74) is 6.41. The van der Waals surface area contributed by atoms with Gasteiger partial charge >= 0.3 is 0 Å². The number of carbonyl (C=O) groups excluding carboxylic acids is 2. The Hall–Kier alpha value is -1.95. The summed E-state index contributed by atoms with van der Waals surface area (Å²) in [7, 11) is 1.90. The number of halogens is 1. The Morgan fingerprint density at radius 2 is 2.04 bits per heavy atom. The van der Waals surface area contributed by atoms with Gasteiger partial charge in [0.05, 0.1) is 12.0 Å². The smallest absolute Gasteiger partial charge is 0.239 e. The molecule has 1 aliphatic heterocycles. The van der Waals surface area contributed by atoms with Gasteiger partial charge in [0.1, 0.15) is 5.82 Å². The largest absolute Gasteiger partial charge is 0.369 e. The molecule has 0 bridgehead atoms. The molecule has 132 valence electrons. The number of amides is 2. The summed E-state index contributed by atoms with van der Waals surface area (Å²) < 4.78 is 12.9. The predicted molar refractivity (Wildman–Crippen MR) is 90.7 cm³/mol. The summed E-state index contributed by atoms with van der Waals surface area (Å²) in [5, 5.41) is 0. The fourth-order valence-corrected chi connectivity index (χ4v) is 3.01. The first-order chi connectivity index (χ1) is 11.4. The Labute approximate surface area is 142 Å². The van der Waals surface area contributed by atoms with Crippen molar-refractivity contribution >= 4 is 11.8 Å². The lowest BCUT2D eigenvalue weighted by Crippen LogP contribution is -2.51. The summed E-state index contributed by atoms with van der Waals surface area (Å²) in [4.78, 5) is 27.7. The minimum absolute atomic E-state index is 0.0301. The van der Waals surface area contributed by atoms with Gasteiger partial charge in [0.15, 0.2) is 0 Å². The first-order valence-corrected chi connectivity index (χ1v) is 8.41. The highest BCUT2D eigenvalue weighted by atomic mass is 19.1. The topological polar surface area (TPSA) is 66.6 Å². The molecular weight excluding hydrogens is 309 g/mol. The van der Waals surface area contributed by atoms with Gasteiger partial charge in [0, 0.05) is 19.6 Å². The third-order valence-corrected chi connectivity index (χ3v) is 4.82. The van der Waals surface area contributed by atoms with Crippen LogP contribution in [0.4, 0.5) is 4.39 Å². The molecule has 0 saturated carbocycles. The highest BCUT2D eigenvalue weighted by molar-refractivity contribution is 5.83. The van der Waals surface area contributed by atoms with Gasteiger partial charge < -0.3 is 10.6 Å². The van der Waals surface area contributed by atoms with Crippen molar-refractivity contribution in [1.29, 1.82) is 0 Å². The molecule has 6 heteroatoms. The second kappa shape index (κ2) is 8.24. The lowest BCUT2D eigenvalue weighted by atomic mass is 9.97. The van der Waals surface area contributed by atoms with Crippen molar-refractivity contribution in [2.75, 3.05) is 26.7 Å². The lowest BCUT2D eigenvalue weighted by Gasteiger charge is -2.35. The van der Waals surface area contributed by atoms with Crippen molar-refractivity contribution in [2.24, 2.45) is 11.7 Å². The number of benzene rings is 1. The highest BCUT2D eigenvalue weighted by Gasteiger charge is 2.30. The van der Waals surface area contributed by atoms with Crippen molar-refractivity contribution < 1.29 is 14.0 Å². The molecule has 2 rings (SSSR count). The van der Waals surface area contributed by atoms with Crippen LogP contribution >= 0.6 is 0 Å². The van der Waals surface area contributed by atoms with E-state index in [1.807, 2.05) is 18.9 Å². The zero-order chi connectivity index (χ0) is 17.7. The van der Waals surface area contributed by atoms with E-state index in [0.717, 1.165) is 24.8 Å². The molecule has 0 radical (unpaired) electrons. The standard InChI is InChI=1S/C18H26FN3O2/c1-13(18(24)22-10-3-4-15(12-22)17(20)23)21(2)11-9-14-5-7-16(19)8-6-14/h5-8,13,15H,3-4,9-12H2,1-2H3,(H2,20,23). The molecule has 0 aliphatic carbocycles.